The van der Waals surface area contributed by atoms with Gasteiger partial charge in [0.15, 0.2) is 11.8 Å². The maximum Gasteiger partial charge on any atom is 0.278 e. The van der Waals surface area contributed by atoms with Crippen LogP contribution in [0.15, 0.2) is 21.7 Å². The quantitative estimate of drug-likeness (QED) is 0.675. The number of thiophene rings is 1. The number of fused-ring (bicyclic) bond motifs is 2. The minimum atomic E-state index is -4.05. The molecule has 4 aliphatic heterocycles. The van der Waals surface area contributed by atoms with Crippen molar-refractivity contribution in [1.82, 2.24) is 4.31 Å². The van der Waals surface area contributed by atoms with E-state index in [4.69, 9.17) is 14.5 Å². The molecule has 7 atom stereocenters. The smallest absolute Gasteiger partial charge is 0.278 e. The zero-order chi connectivity index (χ0) is 19.9. The number of amides is 1. The Bertz CT molecular complexity index is 902. The van der Waals surface area contributed by atoms with Gasteiger partial charge in [0, 0.05) is 18.3 Å². The number of piperidine rings is 1. The van der Waals surface area contributed by atoms with Crippen molar-refractivity contribution in [3.8, 4) is 0 Å². The first-order valence-electron chi connectivity index (χ1n) is 9.87. The zero-order valence-corrected chi connectivity index (χ0v) is 17.8. The molecule has 5 aliphatic rings. The maximum absolute atomic E-state index is 13.5. The molecule has 1 aromatic heterocycles. The van der Waals surface area contributed by atoms with Crippen molar-refractivity contribution in [1.29, 1.82) is 0 Å². The van der Waals surface area contributed by atoms with E-state index in [1.165, 1.54) is 6.07 Å². The fourth-order valence-electron chi connectivity index (χ4n) is 5.77. The molecule has 1 saturated carbocycles. The Morgan fingerprint density at radius 1 is 1.18 bits per heavy atom. The van der Waals surface area contributed by atoms with Gasteiger partial charge in [0.2, 0.25) is 11.7 Å². The number of ether oxygens (including phenoxy) is 1. The first-order valence-corrected chi connectivity index (χ1v) is 12.2. The van der Waals surface area contributed by atoms with E-state index in [1.54, 1.807) is 18.4 Å². The number of rotatable bonds is 2. The molecule has 1 aromatic rings. The monoisotopic (exact) mass is 427 g/mol. The maximum atomic E-state index is 13.5. The first-order chi connectivity index (χ1) is 13.2. The molecule has 0 aromatic carbocycles. The highest BCUT2D eigenvalue weighted by Crippen LogP contribution is 2.61. The van der Waals surface area contributed by atoms with Gasteiger partial charge < -0.3 is 4.74 Å². The minimum absolute atomic E-state index is 0.0668. The van der Waals surface area contributed by atoms with Crippen LogP contribution in [0.5, 0.6) is 0 Å². The molecule has 5 fully saturated rings. The lowest BCUT2D eigenvalue weighted by Crippen LogP contribution is -2.75. The summed E-state index contributed by atoms with van der Waals surface area (Å²) < 4.78 is 34.4. The molecular weight excluding hydrogens is 402 g/mol. The number of carbonyl (C=O) groups excluding carboxylic acids is 1. The highest BCUT2D eigenvalue weighted by atomic mass is 32.2. The average molecular weight is 428 g/mol. The third kappa shape index (κ3) is 2.31. The van der Waals surface area contributed by atoms with E-state index in [-0.39, 0.29) is 16.0 Å². The first kappa shape index (κ1) is 19.0. The summed E-state index contributed by atoms with van der Waals surface area (Å²) >= 11 is 1.10. The summed E-state index contributed by atoms with van der Waals surface area (Å²) in [6.45, 7) is 5.75. The predicted molar refractivity (Wildman–Crippen MR) is 100 cm³/mol. The van der Waals surface area contributed by atoms with Crippen molar-refractivity contribution in [2.24, 2.45) is 23.7 Å². The van der Waals surface area contributed by atoms with Gasteiger partial charge in [-0.05, 0) is 49.5 Å². The van der Waals surface area contributed by atoms with E-state index >= 15 is 0 Å². The van der Waals surface area contributed by atoms with Crippen LogP contribution in [0.25, 0.3) is 0 Å². The van der Waals surface area contributed by atoms with Crippen molar-refractivity contribution < 1.29 is 27.7 Å². The number of nitrogens with zero attached hydrogens (tertiary/aromatic N) is 1. The second-order valence-corrected chi connectivity index (χ2v) is 11.8. The number of hydrogen-bond donors (Lipinski definition) is 0. The molecule has 154 valence electrons. The molecule has 5 heterocycles. The summed E-state index contributed by atoms with van der Waals surface area (Å²) in [5, 5.41) is 1.69. The molecule has 6 rings (SSSR count). The fraction of sp³-hybridized carbons (Fsp3) is 0.737. The average Bonchev–Trinajstić information content (AvgIpc) is 3.10. The van der Waals surface area contributed by atoms with E-state index in [0.717, 1.165) is 34.9 Å². The Kier molecular flexibility index (Phi) is 4.08. The molecule has 0 N–H and O–H groups in total. The molecular formula is C19H25NO6S2. The summed E-state index contributed by atoms with van der Waals surface area (Å²) in [6.07, 6.45) is 2.18. The van der Waals surface area contributed by atoms with Crippen molar-refractivity contribution in [2.75, 3.05) is 0 Å². The highest BCUT2D eigenvalue weighted by Gasteiger charge is 2.72. The Balaban J connectivity index is 1.72. The molecule has 28 heavy (non-hydrogen) atoms. The van der Waals surface area contributed by atoms with E-state index in [9.17, 15) is 13.2 Å². The Hall–Kier alpha value is -1.00. The van der Waals surface area contributed by atoms with Crippen LogP contribution in [0.3, 0.4) is 0 Å². The third-order valence-electron chi connectivity index (χ3n) is 7.23. The zero-order valence-electron chi connectivity index (χ0n) is 16.2. The van der Waals surface area contributed by atoms with E-state index in [2.05, 4.69) is 6.92 Å². The molecule has 0 radical (unpaired) electrons. The number of hydrogen-bond acceptors (Lipinski definition) is 7. The predicted octanol–water partition coefficient (Wildman–Crippen LogP) is 3.13. The Labute approximate surface area is 168 Å². The fourth-order valence-corrected chi connectivity index (χ4v) is 8.42. The van der Waals surface area contributed by atoms with Crippen LogP contribution >= 0.6 is 11.3 Å². The van der Waals surface area contributed by atoms with E-state index in [0.29, 0.717) is 12.3 Å². The summed E-state index contributed by atoms with van der Waals surface area (Å²) in [7, 11) is -4.05. The molecule has 7 nitrogen and oxygen atoms in total. The number of carbonyl (C=O) groups is 1. The van der Waals surface area contributed by atoms with Gasteiger partial charge in [-0.2, -0.15) is 0 Å². The second-order valence-electron chi connectivity index (χ2n) is 8.79. The van der Waals surface area contributed by atoms with Crippen LogP contribution in [-0.4, -0.2) is 36.2 Å². The second kappa shape index (κ2) is 6.01. The van der Waals surface area contributed by atoms with Gasteiger partial charge >= 0.3 is 0 Å². The van der Waals surface area contributed by atoms with Crippen molar-refractivity contribution in [3.05, 3.63) is 17.5 Å². The van der Waals surface area contributed by atoms with Gasteiger partial charge in [-0.15, -0.1) is 11.3 Å². The SMILES string of the molecule is C[C@@H]1CC[C@H]2[C@@H](C)C(=O)N(S(=O)(=O)c3cccs3)[C@@H]3O[C@]4(C)CC[C@@H]1[C@@]23OO4. The standard InChI is InChI=1S/C19H25NO6S2/c1-11-6-7-14-12(2)16(21)20(28(22,23)15-5-4-10-27-15)17-19(14)13(11)8-9-18(3,24-17)25-26-19/h4-5,10-14,17H,6-9H2,1-3H3/t11-,12-,13+,14+,17-,18+,19-/m1/s1. The van der Waals surface area contributed by atoms with Gasteiger partial charge in [0.1, 0.15) is 4.21 Å². The van der Waals surface area contributed by atoms with Crippen LogP contribution in [0.2, 0.25) is 0 Å². The van der Waals surface area contributed by atoms with Crippen LogP contribution in [0, 0.1) is 23.7 Å². The topological polar surface area (TPSA) is 82.1 Å². The van der Waals surface area contributed by atoms with Crippen LogP contribution in [-0.2, 0) is 29.3 Å². The van der Waals surface area contributed by atoms with E-state index < -0.39 is 39.5 Å². The summed E-state index contributed by atoms with van der Waals surface area (Å²) in [4.78, 5) is 25.2. The molecule has 1 spiro atoms. The lowest BCUT2D eigenvalue weighted by Gasteiger charge is -2.61. The lowest BCUT2D eigenvalue weighted by molar-refractivity contribution is -0.544. The highest BCUT2D eigenvalue weighted by molar-refractivity contribution is 7.91. The van der Waals surface area contributed by atoms with Gasteiger partial charge in [0.25, 0.3) is 10.0 Å². The van der Waals surface area contributed by atoms with Crippen molar-refractivity contribution in [3.63, 3.8) is 0 Å². The van der Waals surface area contributed by atoms with Gasteiger partial charge in [-0.3, -0.25) is 4.79 Å². The molecule has 0 unspecified atom stereocenters. The largest absolute Gasteiger partial charge is 0.320 e. The Morgan fingerprint density at radius 2 is 1.96 bits per heavy atom. The van der Waals surface area contributed by atoms with Gasteiger partial charge in [-0.25, -0.2) is 22.5 Å². The van der Waals surface area contributed by atoms with Crippen LogP contribution in [0.1, 0.15) is 46.5 Å². The van der Waals surface area contributed by atoms with Crippen molar-refractivity contribution >= 4 is 27.3 Å². The minimum Gasteiger partial charge on any atom is -0.320 e. The van der Waals surface area contributed by atoms with Crippen LogP contribution < -0.4 is 0 Å². The lowest BCUT2D eigenvalue weighted by atomic mass is 9.57. The molecule has 2 bridgehead atoms. The van der Waals surface area contributed by atoms with Gasteiger partial charge in [0.05, 0.1) is 0 Å². The third-order valence-corrected chi connectivity index (χ3v) is 10.3. The molecule has 1 amide bonds. The summed E-state index contributed by atoms with van der Waals surface area (Å²) in [5.41, 5.74) is -0.967. The number of sulfonamides is 1. The van der Waals surface area contributed by atoms with Gasteiger partial charge in [-0.1, -0.05) is 19.9 Å². The molecule has 9 heteroatoms. The summed E-state index contributed by atoms with van der Waals surface area (Å²) in [5.74, 6) is -1.71. The summed E-state index contributed by atoms with van der Waals surface area (Å²) in [6, 6.07) is 3.19. The molecule has 4 saturated heterocycles. The van der Waals surface area contributed by atoms with Crippen LogP contribution in [0.4, 0.5) is 0 Å². The van der Waals surface area contributed by atoms with Crippen molar-refractivity contribution in [2.45, 2.75) is 68.3 Å². The van der Waals surface area contributed by atoms with E-state index in [1.807, 2.05) is 6.92 Å². The molecule has 1 aliphatic carbocycles. The Morgan fingerprint density at radius 3 is 2.68 bits per heavy atom. The normalized spacial score (nSPS) is 45.6.